The maximum absolute atomic E-state index is 13.8. The molecular formula is C25H21N3O5S2. The molecule has 3 aromatic carbocycles. The minimum Gasteiger partial charge on any atom is -0.337 e. The first-order chi connectivity index (χ1) is 16.7. The van der Waals surface area contributed by atoms with Crippen molar-refractivity contribution in [1.82, 2.24) is 9.13 Å². The normalized spacial score (nSPS) is 12.2. The van der Waals surface area contributed by atoms with Gasteiger partial charge in [-0.3, -0.25) is 0 Å². The Hall–Kier alpha value is -3.89. The van der Waals surface area contributed by atoms with E-state index in [0.29, 0.717) is 22.2 Å². The van der Waals surface area contributed by atoms with Gasteiger partial charge in [0.05, 0.1) is 26.7 Å². The highest BCUT2D eigenvalue weighted by atomic mass is 32.2. The van der Waals surface area contributed by atoms with Crippen LogP contribution in [0.2, 0.25) is 0 Å². The lowest BCUT2D eigenvalue weighted by molar-refractivity contribution is 0.430. The number of benzene rings is 3. The van der Waals surface area contributed by atoms with E-state index in [4.69, 9.17) is 4.52 Å². The first-order valence-corrected chi connectivity index (χ1v) is 13.6. The smallest absolute Gasteiger partial charge is 0.268 e. The van der Waals surface area contributed by atoms with Crippen molar-refractivity contribution in [2.45, 2.75) is 23.6 Å². The molecule has 0 aliphatic heterocycles. The van der Waals surface area contributed by atoms with Crippen LogP contribution >= 0.6 is 0 Å². The van der Waals surface area contributed by atoms with Gasteiger partial charge in [0.25, 0.3) is 20.0 Å². The van der Waals surface area contributed by atoms with Crippen molar-refractivity contribution in [2.75, 3.05) is 4.72 Å². The molecule has 5 rings (SSSR count). The second kappa shape index (κ2) is 8.40. The van der Waals surface area contributed by atoms with E-state index in [-0.39, 0.29) is 26.9 Å². The van der Waals surface area contributed by atoms with E-state index >= 15 is 0 Å². The van der Waals surface area contributed by atoms with Crippen LogP contribution in [0.25, 0.3) is 22.2 Å². The molecule has 0 saturated carbocycles. The van der Waals surface area contributed by atoms with Gasteiger partial charge < -0.3 is 4.52 Å². The summed E-state index contributed by atoms with van der Waals surface area (Å²) in [5.41, 5.74) is 2.01. The third kappa shape index (κ3) is 3.90. The second-order valence-electron chi connectivity index (χ2n) is 7.99. The number of hydrogen-bond acceptors (Lipinski definition) is 6. The first kappa shape index (κ1) is 22.9. The zero-order valence-electron chi connectivity index (χ0n) is 18.8. The van der Waals surface area contributed by atoms with Crippen molar-refractivity contribution >= 4 is 36.8 Å². The molecular weight excluding hydrogens is 486 g/mol. The Kier molecular flexibility index (Phi) is 5.49. The monoisotopic (exact) mass is 507 g/mol. The van der Waals surface area contributed by atoms with Crippen LogP contribution in [-0.4, -0.2) is 26.0 Å². The van der Waals surface area contributed by atoms with Gasteiger partial charge in [-0.1, -0.05) is 59.8 Å². The van der Waals surface area contributed by atoms with Gasteiger partial charge in [-0.05, 0) is 44.2 Å². The molecule has 2 aromatic heterocycles. The molecule has 0 atom stereocenters. The number of sulfonamides is 1. The minimum absolute atomic E-state index is 0.00903. The van der Waals surface area contributed by atoms with Gasteiger partial charge in [0.15, 0.2) is 0 Å². The number of nitrogens with one attached hydrogen (secondary N) is 1. The number of fused-ring (bicyclic) bond motifs is 1. The van der Waals surface area contributed by atoms with E-state index in [2.05, 4.69) is 9.88 Å². The molecule has 0 spiro atoms. The summed E-state index contributed by atoms with van der Waals surface area (Å²) in [6.45, 7) is 3.40. The van der Waals surface area contributed by atoms with Gasteiger partial charge in [-0.15, -0.1) is 0 Å². The second-order valence-corrected chi connectivity index (χ2v) is 11.4. The molecule has 178 valence electrons. The highest BCUT2D eigenvalue weighted by Crippen LogP contribution is 2.36. The average molecular weight is 508 g/mol. The fraction of sp³-hybridized carbons (Fsp3) is 0.0800. The molecule has 0 aliphatic carbocycles. The highest BCUT2D eigenvalue weighted by Gasteiger charge is 2.28. The topological polar surface area (TPSA) is 111 Å². The highest BCUT2D eigenvalue weighted by molar-refractivity contribution is 7.93. The molecule has 2 heterocycles. The molecule has 0 amide bonds. The Morgan fingerprint density at radius 1 is 0.829 bits per heavy atom. The van der Waals surface area contributed by atoms with Crippen LogP contribution in [0, 0.1) is 13.8 Å². The Bertz CT molecular complexity index is 1770. The zero-order chi connectivity index (χ0) is 24.8. The van der Waals surface area contributed by atoms with Gasteiger partial charge in [0.2, 0.25) is 5.88 Å². The van der Waals surface area contributed by atoms with Crippen molar-refractivity contribution in [3.05, 3.63) is 96.2 Å². The Balaban J connectivity index is 1.75. The number of nitrogens with zero attached hydrogens (tertiary/aromatic N) is 2. The summed E-state index contributed by atoms with van der Waals surface area (Å²) in [6.07, 6.45) is 0. The summed E-state index contributed by atoms with van der Waals surface area (Å²) < 4.78 is 63.2. The van der Waals surface area contributed by atoms with E-state index < -0.39 is 20.0 Å². The molecule has 0 saturated heterocycles. The third-order valence-electron chi connectivity index (χ3n) is 5.78. The molecule has 0 bridgehead atoms. The molecule has 1 N–H and O–H groups in total. The molecule has 0 radical (unpaired) electrons. The van der Waals surface area contributed by atoms with Gasteiger partial charge in [-0.25, -0.2) is 25.5 Å². The van der Waals surface area contributed by atoms with Crippen molar-refractivity contribution in [3.8, 4) is 11.3 Å². The van der Waals surface area contributed by atoms with Crippen molar-refractivity contribution in [3.63, 3.8) is 0 Å². The van der Waals surface area contributed by atoms with Crippen LogP contribution in [0.15, 0.2) is 99.2 Å². The lowest BCUT2D eigenvalue weighted by atomic mass is 10.1. The molecule has 10 heteroatoms. The van der Waals surface area contributed by atoms with Crippen LogP contribution in [0.4, 0.5) is 5.88 Å². The van der Waals surface area contributed by atoms with Crippen LogP contribution < -0.4 is 4.72 Å². The number of para-hydroxylation sites is 1. The maximum Gasteiger partial charge on any atom is 0.268 e. The lowest BCUT2D eigenvalue weighted by Gasteiger charge is -2.15. The summed E-state index contributed by atoms with van der Waals surface area (Å²) in [6, 6.07) is 23.0. The summed E-state index contributed by atoms with van der Waals surface area (Å²) in [5.74, 6) is 0.00903. The van der Waals surface area contributed by atoms with E-state index in [1.165, 1.54) is 22.2 Å². The summed E-state index contributed by atoms with van der Waals surface area (Å²) in [4.78, 5) is -0.00500. The zero-order valence-corrected chi connectivity index (χ0v) is 20.5. The average Bonchev–Trinajstić information content (AvgIpc) is 3.40. The molecule has 35 heavy (non-hydrogen) atoms. The fourth-order valence-electron chi connectivity index (χ4n) is 3.87. The Morgan fingerprint density at radius 3 is 2.20 bits per heavy atom. The number of hydrogen-bond donors (Lipinski definition) is 1. The summed E-state index contributed by atoms with van der Waals surface area (Å²) in [7, 11) is -8.21. The summed E-state index contributed by atoms with van der Waals surface area (Å²) >= 11 is 0. The fourth-order valence-corrected chi connectivity index (χ4v) is 6.69. The van der Waals surface area contributed by atoms with Crippen molar-refractivity contribution < 1.29 is 21.4 Å². The van der Waals surface area contributed by atoms with Crippen molar-refractivity contribution in [1.29, 1.82) is 0 Å². The lowest BCUT2D eigenvalue weighted by Crippen LogP contribution is -2.17. The quantitative estimate of drug-likeness (QED) is 0.348. The number of anilines is 1. The minimum atomic E-state index is -4.16. The van der Waals surface area contributed by atoms with Gasteiger partial charge >= 0.3 is 0 Å². The standard InChI is InChI=1S/C25H21N3O5S2/c1-17-18(2)26-33-25(17)27-34(29,30)24-15-9-7-13-21(24)23-16-19-10-6-8-14-22(19)28(23)35(31,32)20-11-4-3-5-12-20/h3-16,27H,1-2H3. The number of aromatic nitrogens is 2. The van der Waals surface area contributed by atoms with Gasteiger partial charge in [-0.2, -0.15) is 0 Å². The predicted molar refractivity (Wildman–Crippen MR) is 133 cm³/mol. The van der Waals surface area contributed by atoms with Crippen molar-refractivity contribution in [2.24, 2.45) is 0 Å². The third-order valence-corrected chi connectivity index (χ3v) is 8.92. The van der Waals surface area contributed by atoms with Crippen LogP contribution in [0.5, 0.6) is 0 Å². The summed E-state index contributed by atoms with van der Waals surface area (Å²) in [5, 5.41) is 4.45. The van der Waals surface area contributed by atoms with Gasteiger partial charge in [0, 0.05) is 16.5 Å². The molecule has 0 fully saturated rings. The molecule has 5 aromatic rings. The predicted octanol–water partition coefficient (Wildman–Crippen LogP) is 4.95. The van der Waals surface area contributed by atoms with E-state index in [0.717, 1.165) is 0 Å². The first-order valence-electron chi connectivity index (χ1n) is 10.7. The van der Waals surface area contributed by atoms with Crippen LogP contribution in [0.3, 0.4) is 0 Å². The Labute approximate surface area is 202 Å². The molecule has 8 nitrogen and oxygen atoms in total. The van der Waals surface area contributed by atoms with Crippen LogP contribution in [0.1, 0.15) is 11.3 Å². The SMILES string of the molecule is Cc1noc(NS(=O)(=O)c2ccccc2-c2cc3ccccc3n2S(=O)(=O)c2ccccc2)c1C. The van der Waals surface area contributed by atoms with Gasteiger partial charge in [0.1, 0.15) is 0 Å². The van der Waals surface area contributed by atoms with Crippen LogP contribution in [-0.2, 0) is 20.0 Å². The van der Waals surface area contributed by atoms with E-state index in [1.54, 1.807) is 80.6 Å². The van der Waals surface area contributed by atoms with E-state index in [9.17, 15) is 16.8 Å². The number of aryl methyl sites for hydroxylation is 1. The maximum atomic E-state index is 13.8. The molecule has 0 aliphatic rings. The van der Waals surface area contributed by atoms with E-state index in [1.807, 2.05) is 0 Å². The Morgan fingerprint density at radius 2 is 1.49 bits per heavy atom. The largest absolute Gasteiger partial charge is 0.337 e. The molecule has 0 unspecified atom stereocenters. The number of rotatable bonds is 6.